The molecular weight excluding hydrogens is 344 g/mol. The summed E-state index contributed by atoms with van der Waals surface area (Å²) in [6, 6.07) is 0. The summed E-state index contributed by atoms with van der Waals surface area (Å²) >= 11 is 0. The van der Waals surface area contributed by atoms with Crippen LogP contribution in [-0.4, -0.2) is 35.7 Å². The van der Waals surface area contributed by atoms with Gasteiger partial charge in [-0.15, -0.1) is 26.3 Å². The van der Waals surface area contributed by atoms with Gasteiger partial charge in [0.1, 0.15) is 8.07 Å². The van der Waals surface area contributed by atoms with Crippen molar-refractivity contribution in [1.82, 2.24) is 0 Å². The van der Waals surface area contributed by atoms with E-state index in [9.17, 15) is 0 Å². The lowest BCUT2D eigenvalue weighted by Gasteiger charge is -2.48. The first kappa shape index (κ1) is 23.5. The fraction of sp³-hybridized carbons (Fsp3) is 0.579. The van der Waals surface area contributed by atoms with Crippen LogP contribution in [0.25, 0.3) is 0 Å². The Labute approximate surface area is 153 Å². The van der Waals surface area contributed by atoms with Crippen LogP contribution in [0.1, 0.15) is 33.6 Å². The van der Waals surface area contributed by atoms with Gasteiger partial charge in [0.05, 0.1) is 5.22 Å². The van der Waals surface area contributed by atoms with Gasteiger partial charge in [-0.3, -0.25) is 0 Å². The van der Waals surface area contributed by atoms with Gasteiger partial charge in [0, 0.05) is 5.73 Å². The molecule has 2 atom stereocenters. The third kappa shape index (κ3) is 5.02. The minimum Gasteiger partial charge on any atom is -0.414 e. The summed E-state index contributed by atoms with van der Waals surface area (Å²) in [7, 11) is -6.15. The second-order valence-corrected chi connectivity index (χ2v) is 19.5. The van der Waals surface area contributed by atoms with Crippen molar-refractivity contribution in [2.24, 2.45) is 0 Å². The summed E-state index contributed by atoms with van der Waals surface area (Å²) in [5.41, 5.74) is 8.23. The Morgan fingerprint density at radius 1 is 0.917 bits per heavy atom. The molecule has 2 unspecified atom stereocenters. The number of hydrogen-bond acceptors (Lipinski definition) is 2. The Kier molecular flexibility index (Phi) is 8.59. The van der Waals surface area contributed by atoms with E-state index in [-0.39, 0.29) is 11.0 Å². The van der Waals surface area contributed by atoms with Gasteiger partial charge in [-0.25, -0.2) is 0 Å². The van der Waals surface area contributed by atoms with Crippen LogP contribution in [0, 0.1) is 0 Å². The maximum Gasteiger partial charge on any atom is 0.237 e. The zero-order valence-corrected chi connectivity index (χ0v) is 19.9. The van der Waals surface area contributed by atoms with Crippen molar-refractivity contribution >= 4 is 24.7 Å². The van der Waals surface area contributed by atoms with Crippen molar-refractivity contribution < 1.29 is 8.85 Å². The molecule has 0 aliphatic carbocycles. The molecule has 0 bridgehead atoms. The van der Waals surface area contributed by atoms with Gasteiger partial charge in [0.2, 0.25) is 16.6 Å². The molecule has 2 nitrogen and oxygen atoms in total. The van der Waals surface area contributed by atoms with Crippen LogP contribution in [0.5, 0.6) is 0 Å². The minimum atomic E-state index is -2.17. The molecule has 0 amide bonds. The molecule has 0 rings (SSSR count). The van der Waals surface area contributed by atoms with Crippen LogP contribution in [0.3, 0.4) is 0 Å². The minimum absolute atomic E-state index is 0.184. The van der Waals surface area contributed by atoms with Crippen LogP contribution < -0.4 is 0 Å². The molecule has 0 saturated carbocycles. The molecule has 0 spiro atoms. The quantitative estimate of drug-likeness (QED) is 0.397. The van der Waals surface area contributed by atoms with Crippen LogP contribution >= 0.6 is 0 Å². The Hall–Kier alpha value is -0.469. The maximum atomic E-state index is 6.81. The predicted octanol–water partition coefficient (Wildman–Crippen LogP) is 5.81. The van der Waals surface area contributed by atoms with E-state index >= 15 is 0 Å². The van der Waals surface area contributed by atoms with Crippen molar-refractivity contribution in [3.05, 3.63) is 49.1 Å². The standard InChI is InChI=1S/C19H38O2Si3/c1-12-18(23(10,14-3)15-4)20-22(8,9)19(7,13-2)21-24(11,16-5)17-6/h14-18H,3-6,12-13H2,1-2,7-11H3. The SMILES string of the molecule is C=C[Si](C)(C=C)OC(C)(CC)[Si](C)(C)OC(CC)[Si](C)(C=C)C=C. The first-order chi connectivity index (χ1) is 10.9. The molecule has 24 heavy (non-hydrogen) atoms. The van der Waals surface area contributed by atoms with E-state index in [0.717, 1.165) is 12.8 Å². The first-order valence-corrected chi connectivity index (χ1v) is 17.1. The van der Waals surface area contributed by atoms with Crippen molar-refractivity contribution in [3.8, 4) is 0 Å². The smallest absolute Gasteiger partial charge is 0.237 e. The predicted molar refractivity (Wildman–Crippen MR) is 116 cm³/mol. The second-order valence-electron chi connectivity index (χ2n) is 7.58. The van der Waals surface area contributed by atoms with Gasteiger partial charge in [-0.1, -0.05) is 43.2 Å². The molecule has 0 aromatic heterocycles. The van der Waals surface area contributed by atoms with Gasteiger partial charge in [0.15, 0.2) is 0 Å². The van der Waals surface area contributed by atoms with Crippen molar-refractivity contribution in [2.75, 3.05) is 0 Å². The lowest BCUT2D eigenvalue weighted by Crippen LogP contribution is -2.63. The van der Waals surface area contributed by atoms with Crippen molar-refractivity contribution in [2.45, 2.75) is 70.8 Å². The molecule has 0 heterocycles. The Bertz CT molecular complexity index is 457. The van der Waals surface area contributed by atoms with Gasteiger partial charge in [0.25, 0.3) is 0 Å². The average molecular weight is 383 g/mol. The van der Waals surface area contributed by atoms with Gasteiger partial charge in [-0.05, 0) is 39.4 Å². The fourth-order valence-corrected chi connectivity index (χ4v) is 11.3. The Morgan fingerprint density at radius 2 is 1.38 bits per heavy atom. The summed E-state index contributed by atoms with van der Waals surface area (Å²) in [5.74, 6) is 0. The number of hydrogen-bond donors (Lipinski definition) is 0. The Balaban J connectivity index is 5.72. The molecule has 5 heteroatoms. The number of rotatable bonds is 12. The maximum absolute atomic E-state index is 6.81. The molecule has 0 radical (unpaired) electrons. The van der Waals surface area contributed by atoms with E-state index in [4.69, 9.17) is 8.85 Å². The van der Waals surface area contributed by atoms with Crippen molar-refractivity contribution in [1.29, 1.82) is 0 Å². The summed E-state index contributed by atoms with van der Waals surface area (Å²) in [6.45, 7) is 31.5. The van der Waals surface area contributed by atoms with E-state index in [1.165, 1.54) is 0 Å². The molecule has 0 aromatic rings. The van der Waals surface area contributed by atoms with Gasteiger partial charge < -0.3 is 8.85 Å². The first-order valence-electron chi connectivity index (χ1n) is 8.85. The third-order valence-corrected chi connectivity index (χ3v) is 16.1. The van der Waals surface area contributed by atoms with E-state index in [1.807, 2.05) is 11.4 Å². The Morgan fingerprint density at radius 3 is 1.67 bits per heavy atom. The molecular formula is C19H38O2Si3. The highest BCUT2D eigenvalue weighted by atomic mass is 28.4. The average Bonchev–Trinajstić information content (AvgIpc) is 2.58. The summed E-state index contributed by atoms with van der Waals surface area (Å²) in [5, 5.41) is -0.290. The molecule has 0 aliphatic rings. The lowest BCUT2D eigenvalue weighted by atomic mass is 10.3. The fourth-order valence-electron chi connectivity index (χ4n) is 2.75. The largest absolute Gasteiger partial charge is 0.414 e. The zero-order valence-electron chi connectivity index (χ0n) is 16.9. The molecule has 0 aromatic carbocycles. The monoisotopic (exact) mass is 382 g/mol. The molecule has 0 fully saturated rings. The van der Waals surface area contributed by atoms with E-state index < -0.39 is 24.7 Å². The van der Waals surface area contributed by atoms with Crippen LogP contribution in [0.4, 0.5) is 0 Å². The van der Waals surface area contributed by atoms with E-state index in [1.54, 1.807) is 0 Å². The normalized spacial score (nSPS) is 16.8. The summed E-state index contributed by atoms with van der Waals surface area (Å²) in [6.07, 6.45) is 1.88. The van der Waals surface area contributed by atoms with Crippen LogP contribution in [-0.2, 0) is 8.85 Å². The molecule has 138 valence electrons. The van der Waals surface area contributed by atoms with Gasteiger partial charge >= 0.3 is 0 Å². The highest BCUT2D eigenvalue weighted by Crippen LogP contribution is 2.35. The van der Waals surface area contributed by atoms with Crippen molar-refractivity contribution in [3.63, 3.8) is 0 Å². The summed E-state index contributed by atoms with van der Waals surface area (Å²) in [4.78, 5) is 0. The van der Waals surface area contributed by atoms with Crippen LogP contribution in [0.2, 0.25) is 26.2 Å². The highest BCUT2D eigenvalue weighted by Gasteiger charge is 2.50. The van der Waals surface area contributed by atoms with E-state index in [2.05, 4.69) is 84.7 Å². The molecule has 0 saturated heterocycles. The third-order valence-electron chi connectivity index (χ3n) is 5.59. The lowest BCUT2D eigenvalue weighted by molar-refractivity contribution is 0.111. The van der Waals surface area contributed by atoms with Gasteiger partial charge in [-0.2, -0.15) is 0 Å². The highest BCUT2D eigenvalue weighted by molar-refractivity contribution is 6.90. The van der Waals surface area contributed by atoms with Crippen LogP contribution in [0.15, 0.2) is 49.1 Å². The topological polar surface area (TPSA) is 18.5 Å². The molecule has 0 aliphatic heterocycles. The van der Waals surface area contributed by atoms with E-state index in [0.29, 0.717) is 0 Å². The zero-order chi connectivity index (χ0) is 19.2. The second kappa shape index (κ2) is 8.76. The summed E-state index contributed by atoms with van der Waals surface area (Å²) < 4.78 is 13.5. The molecule has 0 N–H and O–H groups in total.